The minimum Gasteiger partial charge on any atom is -0.379 e. The average molecular weight is 262 g/mol. The van der Waals surface area contributed by atoms with E-state index in [4.69, 9.17) is 16.9 Å². The molecule has 1 atom stereocenters. The van der Waals surface area contributed by atoms with E-state index in [0.717, 1.165) is 0 Å². The van der Waals surface area contributed by atoms with Gasteiger partial charge in [0.05, 0.1) is 28.5 Å². The second-order valence-electron chi connectivity index (χ2n) is 4.23. The molecule has 0 aliphatic heterocycles. The lowest BCUT2D eigenvalue weighted by atomic mass is 9.91. The molecule has 18 heavy (non-hydrogen) atoms. The normalized spacial score (nSPS) is 13.9. The molecule has 0 spiro atoms. The first-order valence-corrected chi connectivity index (χ1v) is 5.75. The molecule has 0 saturated heterocycles. The molecule has 92 valence electrons. The molecule has 1 unspecified atom stereocenters. The molecule has 1 heterocycles. The van der Waals surface area contributed by atoms with Crippen molar-refractivity contribution >= 4 is 11.6 Å². The first-order chi connectivity index (χ1) is 8.46. The zero-order valence-electron chi connectivity index (χ0n) is 10.1. The van der Waals surface area contributed by atoms with Gasteiger partial charge in [0.25, 0.3) is 0 Å². The van der Waals surface area contributed by atoms with Crippen molar-refractivity contribution in [1.29, 1.82) is 5.26 Å². The number of rotatable bonds is 2. The summed E-state index contributed by atoms with van der Waals surface area (Å²) in [5.41, 5.74) is 0.298. The molecule has 0 aliphatic carbocycles. The van der Waals surface area contributed by atoms with Crippen molar-refractivity contribution in [3.8, 4) is 6.07 Å². The maximum absolute atomic E-state index is 10.7. The summed E-state index contributed by atoms with van der Waals surface area (Å²) in [6.07, 6.45) is 1.49. The Morgan fingerprint density at radius 2 is 2.22 bits per heavy atom. The third-order valence-electron chi connectivity index (χ3n) is 2.91. The van der Waals surface area contributed by atoms with Crippen LogP contribution in [0.15, 0.2) is 30.5 Å². The Labute approximate surface area is 110 Å². The van der Waals surface area contributed by atoms with Gasteiger partial charge < -0.3 is 5.11 Å². The number of hydrogen-bond donors (Lipinski definition) is 1. The highest BCUT2D eigenvalue weighted by molar-refractivity contribution is 6.31. The summed E-state index contributed by atoms with van der Waals surface area (Å²) in [6.45, 7) is 1.63. The summed E-state index contributed by atoms with van der Waals surface area (Å²) in [4.78, 5) is 0. The number of aryl methyl sites for hydroxylation is 1. The molecule has 0 aliphatic rings. The van der Waals surface area contributed by atoms with E-state index in [0.29, 0.717) is 21.8 Å². The zero-order chi connectivity index (χ0) is 13.3. The molecule has 2 rings (SSSR count). The van der Waals surface area contributed by atoms with Gasteiger partial charge in [0.1, 0.15) is 5.60 Å². The molecule has 4 nitrogen and oxygen atoms in total. The molecule has 1 N–H and O–H groups in total. The quantitative estimate of drug-likeness (QED) is 0.901. The Kier molecular flexibility index (Phi) is 3.12. The van der Waals surface area contributed by atoms with Crippen LogP contribution in [0, 0.1) is 11.3 Å². The third kappa shape index (κ3) is 1.99. The van der Waals surface area contributed by atoms with Crippen LogP contribution in [0.25, 0.3) is 0 Å². The summed E-state index contributed by atoms with van der Waals surface area (Å²) >= 11 is 6.04. The third-order valence-corrected chi connectivity index (χ3v) is 3.19. The second-order valence-corrected chi connectivity index (χ2v) is 4.64. The van der Waals surface area contributed by atoms with E-state index in [1.165, 1.54) is 10.9 Å². The van der Waals surface area contributed by atoms with Gasteiger partial charge in [0.2, 0.25) is 0 Å². The highest BCUT2D eigenvalue weighted by Gasteiger charge is 2.31. The van der Waals surface area contributed by atoms with Crippen LogP contribution < -0.4 is 0 Å². The summed E-state index contributed by atoms with van der Waals surface area (Å²) in [6, 6.07) is 8.86. The fourth-order valence-electron chi connectivity index (χ4n) is 1.99. The minimum atomic E-state index is -1.30. The molecule has 0 bridgehead atoms. The van der Waals surface area contributed by atoms with E-state index < -0.39 is 5.60 Å². The summed E-state index contributed by atoms with van der Waals surface area (Å²) in [5, 5.41) is 24.0. The van der Waals surface area contributed by atoms with E-state index in [9.17, 15) is 5.11 Å². The maximum Gasteiger partial charge on any atom is 0.130 e. The fourth-order valence-corrected chi connectivity index (χ4v) is 2.34. The molecule has 0 radical (unpaired) electrons. The number of benzene rings is 1. The minimum absolute atomic E-state index is 0.393. The maximum atomic E-state index is 10.7. The summed E-state index contributed by atoms with van der Waals surface area (Å²) in [5.74, 6) is 0. The Morgan fingerprint density at radius 1 is 1.50 bits per heavy atom. The smallest absolute Gasteiger partial charge is 0.130 e. The highest BCUT2D eigenvalue weighted by atomic mass is 35.5. The van der Waals surface area contributed by atoms with Crippen molar-refractivity contribution in [3.63, 3.8) is 0 Å². The largest absolute Gasteiger partial charge is 0.379 e. The van der Waals surface area contributed by atoms with Gasteiger partial charge in [0.15, 0.2) is 0 Å². The van der Waals surface area contributed by atoms with Gasteiger partial charge in [-0.15, -0.1) is 0 Å². The Bertz CT molecular complexity index is 606. The van der Waals surface area contributed by atoms with Gasteiger partial charge in [-0.1, -0.05) is 23.7 Å². The standard InChI is InChI=1S/C13H12ClN3O/c1-13(18,12-11(14)8-16-17(12)2)10-5-3-4-9(6-10)7-15/h3-6,8,18H,1-2H3. The van der Waals surface area contributed by atoms with Gasteiger partial charge in [-0.2, -0.15) is 10.4 Å². The Balaban J connectivity index is 2.58. The second kappa shape index (κ2) is 4.45. The number of aromatic nitrogens is 2. The van der Waals surface area contributed by atoms with E-state index in [2.05, 4.69) is 5.10 Å². The lowest BCUT2D eigenvalue weighted by Gasteiger charge is -2.24. The topological polar surface area (TPSA) is 61.8 Å². The van der Waals surface area contributed by atoms with Gasteiger partial charge in [0, 0.05) is 7.05 Å². The van der Waals surface area contributed by atoms with Crippen LogP contribution in [0.5, 0.6) is 0 Å². The number of nitrogens with zero attached hydrogens (tertiary/aromatic N) is 3. The molecule has 1 aromatic heterocycles. The van der Waals surface area contributed by atoms with Crippen molar-refractivity contribution in [1.82, 2.24) is 9.78 Å². The first-order valence-electron chi connectivity index (χ1n) is 5.38. The summed E-state index contributed by atoms with van der Waals surface area (Å²) in [7, 11) is 1.71. The van der Waals surface area contributed by atoms with Gasteiger partial charge in [-0.05, 0) is 24.6 Å². The van der Waals surface area contributed by atoms with Crippen molar-refractivity contribution in [2.75, 3.05) is 0 Å². The van der Waals surface area contributed by atoms with Crippen LogP contribution in [-0.2, 0) is 12.6 Å². The van der Waals surface area contributed by atoms with Gasteiger partial charge in [-0.3, -0.25) is 4.68 Å². The molecule has 5 heteroatoms. The van der Waals surface area contributed by atoms with Crippen molar-refractivity contribution in [3.05, 3.63) is 52.3 Å². The Hall–Kier alpha value is -1.83. The molecule has 0 saturated carbocycles. The predicted molar refractivity (Wildman–Crippen MR) is 68.0 cm³/mol. The molecular formula is C13H12ClN3O. The molecule has 2 aromatic rings. The van der Waals surface area contributed by atoms with Gasteiger partial charge in [-0.25, -0.2) is 0 Å². The highest BCUT2D eigenvalue weighted by Crippen LogP contribution is 2.33. The van der Waals surface area contributed by atoms with Crippen molar-refractivity contribution < 1.29 is 5.11 Å². The molecular weight excluding hydrogens is 250 g/mol. The van der Waals surface area contributed by atoms with Crippen LogP contribution in [0.3, 0.4) is 0 Å². The SMILES string of the molecule is Cn1ncc(Cl)c1C(C)(O)c1cccc(C#N)c1. The predicted octanol–water partition coefficient (Wildman–Crippen LogP) is 2.20. The average Bonchev–Trinajstić information content (AvgIpc) is 2.69. The number of hydrogen-bond acceptors (Lipinski definition) is 3. The monoisotopic (exact) mass is 261 g/mol. The van der Waals surface area contributed by atoms with Crippen LogP contribution >= 0.6 is 11.6 Å². The molecule has 1 aromatic carbocycles. The van der Waals surface area contributed by atoms with E-state index in [1.807, 2.05) is 6.07 Å². The fraction of sp³-hybridized carbons (Fsp3) is 0.231. The van der Waals surface area contributed by atoms with Crippen LogP contribution in [-0.4, -0.2) is 14.9 Å². The van der Waals surface area contributed by atoms with Crippen LogP contribution in [0.4, 0.5) is 0 Å². The lowest BCUT2D eigenvalue weighted by molar-refractivity contribution is 0.0930. The van der Waals surface area contributed by atoms with Crippen LogP contribution in [0.1, 0.15) is 23.7 Å². The van der Waals surface area contributed by atoms with E-state index in [1.54, 1.807) is 38.2 Å². The van der Waals surface area contributed by atoms with Gasteiger partial charge >= 0.3 is 0 Å². The van der Waals surface area contributed by atoms with E-state index in [-0.39, 0.29) is 0 Å². The van der Waals surface area contributed by atoms with E-state index >= 15 is 0 Å². The Morgan fingerprint density at radius 3 is 2.78 bits per heavy atom. The van der Waals surface area contributed by atoms with Crippen molar-refractivity contribution in [2.45, 2.75) is 12.5 Å². The lowest BCUT2D eigenvalue weighted by Crippen LogP contribution is -2.26. The number of aliphatic hydroxyl groups is 1. The number of halogens is 1. The van der Waals surface area contributed by atoms with Crippen LogP contribution in [0.2, 0.25) is 5.02 Å². The van der Waals surface area contributed by atoms with Crippen molar-refractivity contribution in [2.24, 2.45) is 7.05 Å². The molecule has 0 fully saturated rings. The molecule has 0 amide bonds. The summed E-state index contributed by atoms with van der Waals surface area (Å²) < 4.78 is 1.53. The zero-order valence-corrected chi connectivity index (χ0v) is 10.8. The number of nitriles is 1. The first kappa shape index (κ1) is 12.6.